The van der Waals surface area contributed by atoms with Crippen LogP contribution in [0.3, 0.4) is 0 Å². The molecule has 0 aliphatic carbocycles. The number of anilines is 2. The van der Waals surface area contributed by atoms with E-state index in [1.54, 1.807) is 9.80 Å². The van der Waals surface area contributed by atoms with Gasteiger partial charge in [-0.2, -0.15) is 0 Å². The van der Waals surface area contributed by atoms with Crippen molar-refractivity contribution in [3.05, 3.63) is 60.7 Å². The van der Waals surface area contributed by atoms with Crippen molar-refractivity contribution in [1.82, 2.24) is 21.3 Å². The lowest BCUT2D eigenvalue weighted by Gasteiger charge is -2.31. The standard InChI is InChI=1S/C36H60N10/c1-3-5-7-9-11-13-21-27-41-33(37)43-35(39)45(31-23-17-15-18-24-31)29-30-46(32-25-19-16-20-26-32)36(40)44-34(38)42-28-22-14-12-10-8-6-4-2/h15-20,23-26H,3-14,21-22,27-30H2,1-2H3,(H4,37,39,41,43)(H4,38,40,42,44). The molecule has 46 heavy (non-hydrogen) atoms. The van der Waals surface area contributed by atoms with Crippen LogP contribution in [0.5, 0.6) is 0 Å². The minimum Gasteiger partial charge on any atom is -0.356 e. The zero-order valence-electron chi connectivity index (χ0n) is 28.4. The molecular formula is C36H60N10. The number of para-hydroxylation sites is 2. The number of nitrogens with one attached hydrogen (secondary N) is 8. The largest absolute Gasteiger partial charge is 0.356 e. The van der Waals surface area contributed by atoms with E-state index in [1.165, 1.54) is 64.2 Å². The Labute approximate surface area is 278 Å². The highest BCUT2D eigenvalue weighted by molar-refractivity contribution is 6.05. The minimum atomic E-state index is 0.0832. The Morgan fingerprint density at radius 1 is 0.478 bits per heavy atom. The number of hydrogen-bond acceptors (Lipinski definition) is 4. The van der Waals surface area contributed by atoms with E-state index >= 15 is 0 Å². The first-order valence-corrected chi connectivity index (χ1v) is 17.5. The monoisotopic (exact) mass is 633 g/mol. The van der Waals surface area contributed by atoms with Gasteiger partial charge in [0.2, 0.25) is 11.9 Å². The van der Waals surface area contributed by atoms with Crippen LogP contribution in [0.2, 0.25) is 0 Å². The van der Waals surface area contributed by atoms with Gasteiger partial charge in [0, 0.05) is 37.6 Å². The zero-order chi connectivity index (χ0) is 33.2. The molecule has 8 N–H and O–H groups in total. The van der Waals surface area contributed by atoms with Gasteiger partial charge in [-0.05, 0) is 37.1 Å². The topological polar surface area (TPSA) is 150 Å². The molecule has 0 atom stereocenters. The van der Waals surface area contributed by atoms with Crippen LogP contribution in [0.1, 0.15) is 104 Å². The van der Waals surface area contributed by atoms with E-state index in [9.17, 15) is 0 Å². The normalized spacial score (nSPS) is 10.6. The van der Waals surface area contributed by atoms with Crippen LogP contribution in [0.4, 0.5) is 11.4 Å². The Balaban J connectivity index is 1.94. The van der Waals surface area contributed by atoms with E-state index in [0.717, 1.165) is 37.1 Å². The molecule has 0 aliphatic heterocycles. The fraction of sp³-hybridized carbons (Fsp3) is 0.556. The predicted molar refractivity (Wildman–Crippen MR) is 197 cm³/mol. The molecule has 0 bridgehead atoms. The molecule has 10 heteroatoms. The van der Waals surface area contributed by atoms with E-state index in [0.29, 0.717) is 26.2 Å². The van der Waals surface area contributed by atoms with Gasteiger partial charge in [-0.3, -0.25) is 32.3 Å². The van der Waals surface area contributed by atoms with Crippen LogP contribution in [-0.2, 0) is 0 Å². The van der Waals surface area contributed by atoms with Crippen LogP contribution < -0.4 is 31.1 Å². The maximum absolute atomic E-state index is 8.85. The predicted octanol–water partition coefficient (Wildman–Crippen LogP) is 7.60. The molecule has 2 rings (SSSR count). The number of guanidine groups is 4. The van der Waals surface area contributed by atoms with Gasteiger partial charge < -0.3 is 20.4 Å². The Morgan fingerprint density at radius 3 is 1.15 bits per heavy atom. The van der Waals surface area contributed by atoms with Crippen LogP contribution in [-0.4, -0.2) is 50.0 Å². The highest BCUT2D eigenvalue weighted by Gasteiger charge is 2.19. The van der Waals surface area contributed by atoms with Crippen molar-refractivity contribution in [2.75, 3.05) is 36.0 Å². The summed E-state index contributed by atoms with van der Waals surface area (Å²) >= 11 is 0. The quantitative estimate of drug-likeness (QED) is 0.0403. The highest BCUT2D eigenvalue weighted by atomic mass is 15.4. The van der Waals surface area contributed by atoms with Crippen molar-refractivity contribution in [2.24, 2.45) is 0 Å². The summed E-state index contributed by atoms with van der Waals surface area (Å²) in [5.74, 6) is 0.373. The molecule has 0 fully saturated rings. The molecule has 0 spiro atoms. The lowest BCUT2D eigenvalue weighted by molar-refractivity contribution is 0.584. The van der Waals surface area contributed by atoms with Crippen molar-refractivity contribution in [1.29, 1.82) is 21.6 Å². The highest BCUT2D eigenvalue weighted by Crippen LogP contribution is 2.17. The number of nitrogens with zero attached hydrogens (tertiary/aromatic N) is 2. The maximum atomic E-state index is 8.85. The first-order valence-electron chi connectivity index (χ1n) is 17.5. The van der Waals surface area contributed by atoms with Crippen LogP contribution >= 0.6 is 0 Å². The third-order valence-electron chi connectivity index (χ3n) is 7.87. The van der Waals surface area contributed by atoms with E-state index in [1.807, 2.05) is 60.7 Å². The number of rotatable bonds is 21. The molecule has 0 saturated heterocycles. The van der Waals surface area contributed by atoms with Crippen LogP contribution in [0.25, 0.3) is 0 Å². The summed E-state index contributed by atoms with van der Waals surface area (Å²) in [7, 11) is 0. The molecule has 0 unspecified atom stereocenters. The van der Waals surface area contributed by atoms with Gasteiger partial charge in [0.25, 0.3) is 0 Å². The minimum absolute atomic E-state index is 0.0832. The summed E-state index contributed by atoms with van der Waals surface area (Å²) in [6, 6.07) is 19.3. The van der Waals surface area contributed by atoms with Gasteiger partial charge >= 0.3 is 0 Å². The molecule has 0 saturated carbocycles. The fourth-order valence-corrected chi connectivity index (χ4v) is 5.21. The zero-order valence-corrected chi connectivity index (χ0v) is 28.4. The fourth-order valence-electron chi connectivity index (χ4n) is 5.21. The van der Waals surface area contributed by atoms with E-state index in [2.05, 4.69) is 35.1 Å². The van der Waals surface area contributed by atoms with Gasteiger partial charge in [0.05, 0.1) is 0 Å². The number of unbranched alkanes of at least 4 members (excludes halogenated alkanes) is 12. The molecule has 0 amide bonds. The first-order chi connectivity index (χ1) is 22.5. The SMILES string of the molecule is CCCCCCCCCNC(=N)NC(=N)N(CCN(C(=N)NC(=N)NCCCCCCCCC)c1ccccc1)c1ccccc1. The number of hydrogen-bond donors (Lipinski definition) is 8. The van der Waals surface area contributed by atoms with Gasteiger partial charge in [0.15, 0.2) is 11.9 Å². The van der Waals surface area contributed by atoms with Gasteiger partial charge in [-0.25, -0.2) is 0 Å². The lowest BCUT2D eigenvalue weighted by atomic mass is 10.1. The average molecular weight is 633 g/mol. The second kappa shape index (κ2) is 24.2. The summed E-state index contributed by atoms with van der Waals surface area (Å²) < 4.78 is 0. The maximum Gasteiger partial charge on any atom is 0.202 e. The molecule has 254 valence electrons. The second-order valence-electron chi connectivity index (χ2n) is 11.8. The summed E-state index contributed by atoms with van der Waals surface area (Å²) in [6.07, 6.45) is 16.9. The Bertz CT molecular complexity index is 1030. The Kier molecular flexibility index (Phi) is 20.0. The molecule has 2 aromatic rings. The average Bonchev–Trinajstić information content (AvgIpc) is 3.06. The molecule has 0 aromatic heterocycles. The molecule has 10 nitrogen and oxygen atoms in total. The van der Waals surface area contributed by atoms with Gasteiger partial charge in [0.1, 0.15) is 0 Å². The van der Waals surface area contributed by atoms with Crippen LogP contribution in [0, 0.1) is 21.6 Å². The molecular weight excluding hydrogens is 572 g/mol. The van der Waals surface area contributed by atoms with E-state index < -0.39 is 0 Å². The molecule has 2 aromatic carbocycles. The second-order valence-corrected chi connectivity index (χ2v) is 11.8. The van der Waals surface area contributed by atoms with Crippen molar-refractivity contribution >= 4 is 35.2 Å². The van der Waals surface area contributed by atoms with E-state index in [4.69, 9.17) is 21.6 Å². The third-order valence-corrected chi connectivity index (χ3v) is 7.87. The van der Waals surface area contributed by atoms with Crippen molar-refractivity contribution < 1.29 is 0 Å². The summed E-state index contributed by atoms with van der Waals surface area (Å²) in [6.45, 7) is 6.59. The smallest absolute Gasteiger partial charge is 0.202 e. The van der Waals surface area contributed by atoms with Gasteiger partial charge in [-0.1, -0.05) is 127 Å². The molecule has 0 heterocycles. The summed E-state index contributed by atoms with van der Waals surface area (Å²) in [5.41, 5.74) is 1.63. The third kappa shape index (κ3) is 16.3. The summed E-state index contributed by atoms with van der Waals surface area (Å²) in [5, 5.41) is 46.5. The van der Waals surface area contributed by atoms with Crippen molar-refractivity contribution in [3.63, 3.8) is 0 Å². The number of benzene rings is 2. The van der Waals surface area contributed by atoms with Crippen molar-refractivity contribution in [2.45, 2.75) is 104 Å². The first kappa shape index (κ1) is 38.1. The summed E-state index contributed by atoms with van der Waals surface area (Å²) in [4.78, 5) is 3.61. The lowest BCUT2D eigenvalue weighted by Crippen LogP contribution is -2.53. The van der Waals surface area contributed by atoms with Crippen LogP contribution in [0.15, 0.2) is 60.7 Å². The van der Waals surface area contributed by atoms with Crippen molar-refractivity contribution in [3.8, 4) is 0 Å². The Morgan fingerprint density at radius 2 is 0.804 bits per heavy atom. The Hall–Kier alpha value is -4.08. The van der Waals surface area contributed by atoms with E-state index in [-0.39, 0.29) is 23.8 Å². The molecule has 0 aliphatic rings. The van der Waals surface area contributed by atoms with Gasteiger partial charge in [-0.15, -0.1) is 0 Å². The molecule has 0 radical (unpaired) electrons.